The number of fused-ring (bicyclic) bond motifs is 1. The van der Waals surface area contributed by atoms with Gasteiger partial charge in [-0.05, 0) is 54.6 Å². The predicted molar refractivity (Wildman–Crippen MR) is 103 cm³/mol. The third-order valence-electron chi connectivity index (χ3n) is 4.23. The molecule has 1 aromatic heterocycles. The van der Waals surface area contributed by atoms with Gasteiger partial charge in [0.25, 0.3) is 5.91 Å². The van der Waals surface area contributed by atoms with Crippen LogP contribution < -0.4 is 5.32 Å². The van der Waals surface area contributed by atoms with E-state index >= 15 is 0 Å². The molecular formula is C19H14F2N4OS. The van der Waals surface area contributed by atoms with Crippen molar-refractivity contribution in [3.05, 3.63) is 64.3 Å². The highest BCUT2D eigenvalue weighted by Crippen LogP contribution is 2.30. The molecule has 1 fully saturated rings. The van der Waals surface area contributed by atoms with Crippen molar-refractivity contribution in [2.45, 2.75) is 6.92 Å². The summed E-state index contributed by atoms with van der Waals surface area (Å²) >= 11 is 1.04. The molecule has 0 radical (unpaired) electrons. The maximum atomic E-state index is 13.7. The number of amides is 1. The molecule has 8 heteroatoms. The molecule has 1 N–H and O–H groups in total. The van der Waals surface area contributed by atoms with Crippen LogP contribution in [-0.4, -0.2) is 20.6 Å². The Bertz CT molecular complexity index is 1130. The number of nitrogens with one attached hydrogen (secondary N) is 1. The molecule has 5 nitrogen and oxygen atoms in total. The fourth-order valence-electron chi connectivity index (χ4n) is 2.75. The number of nitrogens with zero attached hydrogens (tertiary/aromatic N) is 3. The van der Waals surface area contributed by atoms with Crippen LogP contribution in [0.2, 0.25) is 0 Å². The van der Waals surface area contributed by atoms with E-state index < -0.39 is 17.3 Å². The van der Waals surface area contributed by atoms with Crippen LogP contribution in [0.15, 0.2) is 46.3 Å². The molecule has 1 saturated heterocycles. The summed E-state index contributed by atoms with van der Waals surface area (Å²) in [6, 6.07) is 9.17. The third-order valence-corrected chi connectivity index (χ3v) is 5.14. The molecule has 27 heavy (non-hydrogen) atoms. The first kappa shape index (κ1) is 17.4. The lowest BCUT2D eigenvalue weighted by Gasteiger charge is -2.00. The van der Waals surface area contributed by atoms with Gasteiger partial charge >= 0.3 is 0 Å². The van der Waals surface area contributed by atoms with Gasteiger partial charge in [-0.25, -0.2) is 18.8 Å². The van der Waals surface area contributed by atoms with E-state index in [9.17, 15) is 13.6 Å². The summed E-state index contributed by atoms with van der Waals surface area (Å²) in [7, 11) is 1.92. The molecule has 0 saturated carbocycles. The number of carbonyl (C=O) groups excluding carboxylic acids is 1. The minimum absolute atomic E-state index is 0.132. The summed E-state index contributed by atoms with van der Waals surface area (Å²) in [5, 5.41) is 2.67. The number of halogens is 2. The standard InChI is InChI=1S/C19H14F2N4OS/c1-10-22-14-7-6-11(8-15(14)25(10)2)9-16-18(26)24-19(27-16)23-17-12(20)4-3-5-13(17)21/h3-9H,1-2H3,(H,23,24,26)/b16-9+. The average Bonchev–Trinajstić information content (AvgIpc) is 3.11. The van der Waals surface area contributed by atoms with E-state index in [4.69, 9.17) is 0 Å². The number of amidine groups is 1. The normalized spacial score (nSPS) is 17.3. The second-order valence-electron chi connectivity index (χ2n) is 6.02. The van der Waals surface area contributed by atoms with Crippen molar-refractivity contribution in [1.82, 2.24) is 14.9 Å². The maximum Gasteiger partial charge on any atom is 0.264 e. The molecule has 0 bridgehead atoms. The smallest absolute Gasteiger partial charge is 0.264 e. The van der Waals surface area contributed by atoms with Gasteiger partial charge in [-0.1, -0.05) is 12.1 Å². The van der Waals surface area contributed by atoms with Crippen molar-refractivity contribution in [2.24, 2.45) is 12.0 Å². The number of rotatable bonds is 2. The zero-order valence-electron chi connectivity index (χ0n) is 14.5. The Kier molecular flexibility index (Phi) is 4.27. The summed E-state index contributed by atoms with van der Waals surface area (Å²) in [5.41, 5.74) is 2.22. The number of para-hydroxylation sites is 1. The molecule has 1 aliphatic rings. The summed E-state index contributed by atoms with van der Waals surface area (Å²) in [6.07, 6.45) is 1.71. The van der Waals surface area contributed by atoms with Crippen LogP contribution in [-0.2, 0) is 11.8 Å². The Morgan fingerprint density at radius 1 is 1.22 bits per heavy atom. The number of aryl methyl sites for hydroxylation is 2. The van der Waals surface area contributed by atoms with Crippen molar-refractivity contribution in [1.29, 1.82) is 0 Å². The number of carbonyl (C=O) groups is 1. The quantitative estimate of drug-likeness (QED) is 0.678. The number of imidazole rings is 1. The van der Waals surface area contributed by atoms with Gasteiger partial charge in [-0.2, -0.15) is 0 Å². The Balaban J connectivity index is 1.66. The van der Waals surface area contributed by atoms with Crippen LogP contribution in [0.5, 0.6) is 0 Å². The van der Waals surface area contributed by atoms with Gasteiger partial charge in [-0.15, -0.1) is 0 Å². The van der Waals surface area contributed by atoms with E-state index in [0.29, 0.717) is 4.91 Å². The Hall–Kier alpha value is -3.00. The minimum Gasteiger partial charge on any atom is -0.331 e. The first-order valence-corrected chi connectivity index (χ1v) is 8.91. The van der Waals surface area contributed by atoms with Gasteiger partial charge in [0.15, 0.2) is 16.8 Å². The van der Waals surface area contributed by atoms with Gasteiger partial charge in [-0.3, -0.25) is 4.79 Å². The molecule has 136 valence electrons. The van der Waals surface area contributed by atoms with Gasteiger partial charge in [0.2, 0.25) is 0 Å². The third kappa shape index (κ3) is 3.23. The summed E-state index contributed by atoms with van der Waals surface area (Å²) < 4.78 is 29.4. The van der Waals surface area contributed by atoms with E-state index in [1.807, 2.05) is 36.7 Å². The average molecular weight is 384 g/mol. The summed E-state index contributed by atoms with van der Waals surface area (Å²) in [5.74, 6) is -1.04. The molecule has 2 aromatic carbocycles. The monoisotopic (exact) mass is 384 g/mol. The number of benzene rings is 2. The molecule has 0 spiro atoms. The van der Waals surface area contributed by atoms with E-state index in [0.717, 1.165) is 46.3 Å². The highest BCUT2D eigenvalue weighted by Gasteiger charge is 2.24. The number of hydrogen-bond donors (Lipinski definition) is 1. The second-order valence-corrected chi connectivity index (χ2v) is 7.05. The number of aliphatic imine (C=N–C) groups is 1. The van der Waals surface area contributed by atoms with Gasteiger partial charge < -0.3 is 9.88 Å². The first-order chi connectivity index (χ1) is 12.9. The van der Waals surface area contributed by atoms with E-state index in [1.54, 1.807) is 6.08 Å². The molecule has 1 amide bonds. The van der Waals surface area contributed by atoms with E-state index in [-0.39, 0.29) is 11.1 Å². The molecule has 0 atom stereocenters. The van der Waals surface area contributed by atoms with Crippen LogP contribution in [0.1, 0.15) is 11.4 Å². The summed E-state index contributed by atoms with van der Waals surface area (Å²) in [6.45, 7) is 1.92. The topological polar surface area (TPSA) is 59.3 Å². The minimum atomic E-state index is -0.785. The fourth-order valence-corrected chi connectivity index (χ4v) is 3.57. The molecule has 3 aromatic rings. The number of aromatic nitrogens is 2. The molecule has 0 unspecified atom stereocenters. The second kappa shape index (κ2) is 6.62. The number of hydrogen-bond acceptors (Lipinski definition) is 4. The van der Waals surface area contributed by atoms with Crippen molar-refractivity contribution in [3.8, 4) is 0 Å². The zero-order chi connectivity index (χ0) is 19.1. The lowest BCUT2D eigenvalue weighted by atomic mass is 10.2. The van der Waals surface area contributed by atoms with Crippen molar-refractivity contribution < 1.29 is 13.6 Å². The van der Waals surface area contributed by atoms with Crippen LogP contribution in [0.3, 0.4) is 0 Å². The lowest BCUT2D eigenvalue weighted by Crippen LogP contribution is -2.19. The van der Waals surface area contributed by atoms with Crippen LogP contribution in [0.4, 0.5) is 14.5 Å². The van der Waals surface area contributed by atoms with Crippen LogP contribution >= 0.6 is 11.8 Å². The molecule has 4 rings (SSSR count). The largest absolute Gasteiger partial charge is 0.331 e. The highest BCUT2D eigenvalue weighted by molar-refractivity contribution is 8.18. The zero-order valence-corrected chi connectivity index (χ0v) is 15.3. The Morgan fingerprint density at radius 3 is 2.70 bits per heavy atom. The summed E-state index contributed by atoms with van der Waals surface area (Å²) in [4.78, 5) is 20.9. The van der Waals surface area contributed by atoms with Crippen molar-refractivity contribution >= 4 is 45.6 Å². The lowest BCUT2D eigenvalue weighted by molar-refractivity contribution is -0.115. The predicted octanol–water partition coefficient (Wildman–Crippen LogP) is 4.05. The van der Waals surface area contributed by atoms with Crippen LogP contribution in [0.25, 0.3) is 17.1 Å². The molecular weight excluding hydrogens is 370 g/mol. The van der Waals surface area contributed by atoms with Crippen LogP contribution in [0, 0.1) is 18.6 Å². The molecule has 1 aliphatic heterocycles. The van der Waals surface area contributed by atoms with Crippen molar-refractivity contribution in [2.75, 3.05) is 0 Å². The fraction of sp³-hybridized carbons (Fsp3) is 0.105. The van der Waals surface area contributed by atoms with E-state index in [1.165, 1.54) is 6.07 Å². The Morgan fingerprint density at radius 2 is 1.96 bits per heavy atom. The van der Waals surface area contributed by atoms with Gasteiger partial charge in [0.05, 0.1) is 15.9 Å². The van der Waals surface area contributed by atoms with Gasteiger partial charge in [0, 0.05) is 7.05 Å². The molecule has 0 aliphatic carbocycles. The Labute approximate surface area is 157 Å². The molecule has 2 heterocycles. The SMILES string of the molecule is Cc1nc2ccc(/C=C3/SC(=Nc4c(F)cccc4F)NC3=O)cc2n1C. The first-order valence-electron chi connectivity index (χ1n) is 8.09. The highest BCUT2D eigenvalue weighted by atomic mass is 32.2. The van der Waals surface area contributed by atoms with Gasteiger partial charge in [0.1, 0.15) is 11.5 Å². The van der Waals surface area contributed by atoms with E-state index in [2.05, 4.69) is 15.3 Å². The van der Waals surface area contributed by atoms with Crippen molar-refractivity contribution in [3.63, 3.8) is 0 Å². The maximum absolute atomic E-state index is 13.7. The number of thioether (sulfide) groups is 1.